The van der Waals surface area contributed by atoms with E-state index in [4.69, 9.17) is 18.9 Å². The van der Waals surface area contributed by atoms with Gasteiger partial charge in [-0.2, -0.15) is 0 Å². The highest BCUT2D eigenvalue weighted by molar-refractivity contribution is 5.82. The molecule has 16 fully saturated rings. The van der Waals surface area contributed by atoms with Gasteiger partial charge in [0, 0.05) is 25.0 Å². The second-order valence-corrected chi connectivity index (χ2v) is 59.9. The number of ether oxygens (including phenoxy) is 4. The van der Waals surface area contributed by atoms with Gasteiger partial charge in [-0.15, -0.1) is 6.58 Å². The number of aldehydes is 4. The van der Waals surface area contributed by atoms with Crippen molar-refractivity contribution >= 4 is 49.0 Å². The molecule has 40 atom stereocenters. The molecule has 20 rings (SSSR count). The van der Waals surface area contributed by atoms with E-state index in [1.807, 2.05) is 19.9 Å². The third-order valence-electron chi connectivity index (χ3n) is 51.5. The first-order valence-corrected chi connectivity index (χ1v) is 59.2. The highest BCUT2D eigenvalue weighted by Crippen LogP contribution is 2.80. The summed E-state index contributed by atoms with van der Waals surface area (Å²) in [6.07, 6.45) is 50.5. The van der Waals surface area contributed by atoms with Crippen molar-refractivity contribution < 1.29 is 87.9 Å². The number of rotatable bonds is 15. The summed E-state index contributed by atoms with van der Waals surface area (Å²) in [5.74, 6) is 3.29. The minimum atomic E-state index is -1.06. The van der Waals surface area contributed by atoms with Crippen LogP contribution in [-0.4, -0.2) is 144 Å². The minimum absolute atomic E-state index is 0. The van der Waals surface area contributed by atoms with Crippen LogP contribution in [-0.2, 0) is 57.3 Å². The van der Waals surface area contributed by atoms with Crippen molar-refractivity contribution in [3.63, 3.8) is 0 Å². The third kappa shape index (κ3) is 17.6. The maximum Gasteiger partial charge on any atom is 0.315 e. The van der Waals surface area contributed by atoms with Gasteiger partial charge in [-0.1, -0.05) is 245 Å². The first-order chi connectivity index (χ1) is 69.1. The van der Waals surface area contributed by atoms with Crippen molar-refractivity contribution in [2.45, 2.75) is 441 Å². The van der Waals surface area contributed by atoms with Crippen molar-refractivity contribution in [1.82, 2.24) is 0 Å². The van der Waals surface area contributed by atoms with Gasteiger partial charge in [0.1, 0.15) is 60.0 Å². The Bertz CT molecular complexity index is 5180. The fourth-order valence-corrected chi connectivity index (χ4v) is 42.3. The third-order valence-corrected chi connectivity index (χ3v) is 51.5. The van der Waals surface area contributed by atoms with E-state index >= 15 is 0 Å². The Morgan fingerprint density at radius 3 is 0.866 bits per heavy atom. The van der Waals surface area contributed by atoms with Gasteiger partial charge < -0.3 is 68.8 Å². The normalized spacial score (nSPS) is 49.9. The van der Waals surface area contributed by atoms with Crippen molar-refractivity contribution in [3.05, 3.63) is 84.6 Å². The van der Waals surface area contributed by atoms with E-state index in [0.29, 0.717) is 104 Å². The van der Waals surface area contributed by atoms with E-state index in [9.17, 15) is 69.0 Å². The molecule has 20 aliphatic rings. The largest absolute Gasteiger partial charge is 0.481 e. The highest BCUT2D eigenvalue weighted by atomic mass is 16.5. The number of carboxylic acids is 2. The monoisotopic (exact) mass is 2070 g/mol. The Hall–Kier alpha value is -5.50. The Morgan fingerprint density at radius 2 is 0.564 bits per heavy atom. The van der Waals surface area contributed by atoms with Crippen LogP contribution in [0.1, 0.15) is 404 Å². The smallest absolute Gasteiger partial charge is 0.315 e. The van der Waals surface area contributed by atoms with Gasteiger partial charge in [0.05, 0.1) is 47.5 Å². The topological polar surface area (TPSA) is 295 Å². The number of carbonyl (C=O) groups excluding carboxylic acids is 6. The average molecular weight is 2070 g/mol. The summed E-state index contributed by atoms with van der Waals surface area (Å²) in [5, 5.41) is 66.1. The molecule has 0 amide bonds. The number of fused-ring (bicyclic) bond motifs is 28. The SMILES string of the molecule is C.C=CCC.C=CCOC(=O)[C@]12CCC(C)(C)CC1C1=CCC3C4(C)CC[C@H](C)[C@](C)(C=O)[C@@H]4CC[C@]3(C)[C@@H]1CC2OC.C=CCOC(=O)[C@]12CCC(C)(C)CC1C1=CCC3C4(C)CC[C@H](O)[C@](C)(C=O)[C@@H]4CC[C@]3(C)[C@@H]1CC2O.CC1(C)CC[C@]2(C(=O)O)C(O)C[C@@H]3C(=CCC4C5(C)CC[C@H](O)[C@](C)(C=O)[C@@H]5CC[C@@]43C)C2C1.COC1C[C@@H]2C(=CCC3C4(C)CC[C@H](C)[C@](C)(C=O)[C@@H]4CC[C@@]32C)C2CC(C)(C)CC[C@]12C(=O)O. The molecule has 0 spiro atoms. The van der Waals surface area contributed by atoms with Gasteiger partial charge in [0.25, 0.3) is 0 Å². The number of aliphatic carboxylic acids is 2. The van der Waals surface area contributed by atoms with Crippen molar-refractivity contribution in [2.24, 2.45) is 215 Å². The summed E-state index contributed by atoms with van der Waals surface area (Å²) in [5.41, 5.74) is 1.32. The zero-order chi connectivity index (χ0) is 109. The molecule has 20 aliphatic carbocycles. The number of carboxylic acid groups (broad SMARTS) is 2. The number of carbonyl (C=O) groups is 8. The van der Waals surface area contributed by atoms with Crippen LogP contribution in [0, 0.1) is 215 Å². The summed E-state index contributed by atoms with van der Waals surface area (Å²) >= 11 is 0. The van der Waals surface area contributed by atoms with Gasteiger partial charge in [0.2, 0.25) is 0 Å². The van der Waals surface area contributed by atoms with Crippen LogP contribution < -0.4 is 0 Å². The molecule has 149 heavy (non-hydrogen) atoms. The lowest BCUT2D eigenvalue weighted by Crippen LogP contribution is -2.65. The predicted molar refractivity (Wildman–Crippen MR) is 590 cm³/mol. The molecule has 0 heterocycles. The molecular formula is C131H204O18. The Labute approximate surface area is 899 Å². The fourth-order valence-electron chi connectivity index (χ4n) is 42.3. The number of hydrogen-bond donors (Lipinski definition) is 6. The second kappa shape index (κ2) is 40.8. The average Bonchev–Trinajstić information content (AvgIpc) is 0.691. The lowest BCUT2D eigenvalue weighted by molar-refractivity contribution is -0.201. The van der Waals surface area contributed by atoms with E-state index < -0.39 is 68.8 Å². The second-order valence-electron chi connectivity index (χ2n) is 59.9. The predicted octanol–water partition coefficient (Wildman–Crippen LogP) is 27.3. The maximum atomic E-state index is 13.9. The standard InChI is InChI=1S/C34H52O4.C32H48O5.C31H48O4.C29H44O5.C4H8.CH4/c1-9-18-38-29(36)34-17-16-30(3,4)20-25(34)23-10-11-26-31(5,24(23)19-28(34)37-8)15-13-27-32(26,6)14-12-22(2)33(27,7)21-35;1-7-16-37-27(36)32-15-14-28(2,3)18-22(32)20-8-9-23-29(4,21(20)17-26(32)35)12-10-24-30(23,5)13-11-25(34)31(24,6)19-33;1-19-10-12-29(5)23-9-8-20-21(28(23,4)13-11-24(29)30(19,6)18-32)16-25(35-7)31(26(33)34)15-14-27(2,3)17-22(20)31;1-25(2)12-13-29(24(33)34)19(15-25)17-6-7-20-26(3,18(17)14-23(29)32)10-8-21-27(20,4)11-9-22(31)28(21,5)16-30;1-3-4-2;/h9-10,21-22,24-28H,1,11-20H2,2-8H3;7-8,19,21-26,34-35H,1,9-18H2,2-6H3;8,18-19,21-25H,9-17H2,1-7H3,(H,33,34);6,16,18-23,31-32H,7-15H2,1-5H3,(H,33,34);3H,1,4H2,2H3;1H4/t22-,24+,25?,26?,27+,28?,31+,32?,33-,34+;21-,22?,23?,24-,25+,26?,29-,30?,31-,32-;19-,21+,22?,23?,24+,25?,28+,29?,30-,31+;18-,19?,20?,21-,22+,23?,26-,27?,28-,29-;;/m0101../s1. The molecule has 18 nitrogen and oxygen atoms in total. The van der Waals surface area contributed by atoms with Crippen molar-refractivity contribution in [1.29, 1.82) is 0 Å². The van der Waals surface area contributed by atoms with E-state index in [2.05, 4.69) is 189 Å². The molecule has 0 radical (unpaired) electrons. The Morgan fingerprint density at radius 1 is 0.315 bits per heavy atom. The van der Waals surface area contributed by atoms with E-state index in [-0.39, 0.29) is 168 Å². The number of aliphatic hydroxyl groups is 4. The molecule has 0 saturated heterocycles. The van der Waals surface area contributed by atoms with Gasteiger partial charge >= 0.3 is 23.9 Å². The van der Waals surface area contributed by atoms with Crippen molar-refractivity contribution in [3.8, 4) is 0 Å². The van der Waals surface area contributed by atoms with Crippen LogP contribution in [0.25, 0.3) is 0 Å². The lowest BCUT2D eigenvalue weighted by atomic mass is 9.36. The molecule has 0 aliphatic heterocycles. The Balaban J connectivity index is 0.000000146. The number of hydrogen-bond acceptors (Lipinski definition) is 16. The van der Waals surface area contributed by atoms with Gasteiger partial charge in [-0.05, 0) is 409 Å². The molecule has 0 bridgehead atoms. The fraction of sp³-hybridized carbons (Fsp3) is 0.832. The highest BCUT2D eigenvalue weighted by Gasteiger charge is 2.76. The van der Waals surface area contributed by atoms with E-state index in [1.54, 1.807) is 26.4 Å². The first kappa shape index (κ1) is 117. The zero-order valence-electron chi connectivity index (χ0n) is 96.5. The van der Waals surface area contributed by atoms with Gasteiger partial charge in [-0.25, -0.2) is 0 Å². The molecule has 16 saturated carbocycles. The molecule has 6 N–H and O–H groups in total. The van der Waals surface area contributed by atoms with Crippen LogP contribution in [0.4, 0.5) is 0 Å². The molecule has 0 aromatic rings. The van der Waals surface area contributed by atoms with Gasteiger partial charge in [0.15, 0.2) is 0 Å². The molecule has 836 valence electrons. The summed E-state index contributed by atoms with van der Waals surface area (Å²) in [7, 11) is 3.54. The lowest BCUT2D eigenvalue weighted by Gasteiger charge is -2.68. The summed E-state index contributed by atoms with van der Waals surface area (Å²) in [4.78, 5) is 103. The zero-order valence-corrected chi connectivity index (χ0v) is 96.5. The van der Waals surface area contributed by atoms with Gasteiger partial charge in [-0.3, -0.25) is 19.2 Å². The number of aliphatic hydroxyl groups excluding tert-OH is 4. The summed E-state index contributed by atoms with van der Waals surface area (Å²) < 4.78 is 23.9. The minimum Gasteiger partial charge on any atom is -0.481 e. The molecule has 0 aromatic carbocycles. The summed E-state index contributed by atoms with van der Waals surface area (Å²) in [6, 6.07) is 0. The Kier molecular flexibility index (Phi) is 32.2. The van der Waals surface area contributed by atoms with Crippen molar-refractivity contribution in [2.75, 3.05) is 27.4 Å². The summed E-state index contributed by atoms with van der Waals surface area (Å²) in [6.45, 7) is 64.4. The van der Waals surface area contributed by atoms with Crippen LogP contribution in [0.3, 0.4) is 0 Å². The number of esters is 2. The van der Waals surface area contributed by atoms with E-state index in [0.717, 1.165) is 192 Å². The first-order valence-electron chi connectivity index (χ1n) is 59.2. The number of allylic oxidation sites excluding steroid dienone is 9. The molecular weight excluding hydrogens is 1860 g/mol. The molecule has 18 heteroatoms. The maximum absolute atomic E-state index is 13.9. The van der Waals surface area contributed by atoms with Crippen LogP contribution in [0.5, 0.6) is 0 Å². The van der Waals surface area contributed by atoms with Crippen LogP contribution in [0.15, 0.2) is 84.6 Å². The van der Waals surface area contributed by atoms with E-state index in [1.165, 1.54) is 47.7 Å². The molecule has 0 aromatic heterocycles. The van der Waals surface area contributed by atoms with Crippen LogP contribution >= 0.6 is 0 Å². The quantitative estimate of drug-likeness (QED) is 0.0504. The van der Waals surface area contributed by atoms with Crippen LogP contribution in [0.2, 0.25) is 0 Å². The number of methoxy groups -OCH3 is 2. The molecule has 16 unspecified atom stereocenters.